The van der Waals surface area contributed by atoms with Crippen LogP contribution in [0.4, 0.5) is 34.3 Å². The quantitative estimate of drug-likeness (QED) is 0.202. The summed E-state index contributed by atoms with van der Waals surface area (Å²) < 4.78 is 13.6. The summed E-state index contributed by atoms with van der Waals surface area (Å²) in [5, 5.41) is 2.33. The molecule has 0 radical (unpaired) electrons. The summed E-state index contributed by atoms with van der Waals surface area (Å²) in [6, 6.07) is 41.4. The molecule has 4 heterocycles. The van der Waals surface area contributed by atoms with Crippen molar-refractivity contribution in [2.45, 2.75) is 25.7 Å². The van der Waals surface area contributed by atoms with Gasteiger partial charge in [0.05, 0.1) is 5.39 Å². The lowest BCUT2D eigenvalue weighted by molar-refractivity contribution is 0.506. The summed E-state index contributed by atoms with van der Waals surface area (Å²) in [6.07, 6.45) is 4.41. The standard InChI is InChI=1S/C38H27BN2O2/c1-3-12-24(13-4-1)40-29-18-9-8-17-28(29)39-35-27-22-23-33-34(26-16-7-10-21-32(26)42-33)37(27)43-38(35)41(25-14-5-2-6-15-25)31-20-11-19-30(40)36(31)39/h1-6,8-9,11-15,17-20,22-23H,7,10,16,21H2. The summed E-state index contributed by atoms with van der Waals surface area (Å²) in [7, 11) is 0. The van der Waals surface area contributed by atoms with Crippen molar-refractivity contribution in [3.05, 3.63) is 127 Å². The highest BCUT2D eigenvalue weighted by Gasteiger charge is 2.46. The number of fused-ring (bicyclic) bond motifs is 10. The Morgan fingerprint density at radius 3 is 2.05 bits per heavy atom. The molecule has 10 rings (SSSR count). The first-order valence-corrected chi connectivity index (χ1v) is 15.3. The topological polar surface area (TPSA) is 32.8 Å². The number of nitrogens with zero attached hydrogens (tertiary/aromatic N) is 2. The van der Waals surface area contributed by atoms with Crippen molar-refractivity contribution in [3.8, 4) is 0 Å². The molecule has 0 atom stereocenters. The van der Waals surface area contributed by atoms with E-state index in [1.54, 1.807) is 0 Å². The summed E-state index contributed by atoms with van der Waals surface area (Å²) in [5.74, 6) is 2.03. The fourth-order valence-corrected chi connectivity index (χ4v) is 7.90. The number of anilines is 6. The van der Waals surface area contributed by atoms with Crippen molar-refractivity contribution >= 4 is 79.4 Å². The molecule has 5 aromatic carbocycles. The van der Waals surface area contributed by atoms with Gasteiger partial charge in [0.25, 0.3) is 6.71 Å². The van der Waals surface area contributed by atoms with Crippen molar-refractivity contribution < 1.29 is 8.83 Å². The largest absolute Gasteiger partial charge is 0.461 e. The Balaban J connectivity index is 1.34. The molecule has 0 fully saturated rings. The van der Waals surface area contributed by atoms with E-state index in [0.29, 0.717) is 0 Å². The first kappa shape index (κ1) is 23.4. The zero-order valence-corrected chi connectivity index (χ0v) is 23.6. The molecule has 0 N–H and O–H groups in total. The monoisotopic (exact) mass is 554 g/mol. The fraction of sp³-hybridized carbons (Fsp3) is 0.105. The van der Waals surface area contributed by atoms with Gasteiger partial charge in [-0.05, 0) is 84.8 Å². The van der Waals surface area contributed by atoms with Gasteiger partial charge in [0.2, 0.25) is 5.88 Å². The zero-order chi connectivity index (χ0) is 28.1. The Hall–Kier alpha value is -5.16. The van der Waals surface area contributed by atoms with Gasteiger partial charge in [-0.25, -0.2) is 0 Å². The molecule has 4 nitrogen and oxygen atoms in total. The zero-order valence-electron chi connectivity index (χ0n) is 23.6. The molecule has 0 saturated heterocycles. The van der Waals surface area contributed by atoms with Gasteiger partial charge in [0, 0.05) is 51.3 Å². The smallest absolute Gasteiger partial charge is 0.257 e. The minimum absolute atomic E-state index is 0.0266. The lowest BCUT2D eigenvalue weighted by Crippen LogP contribution is -2.61. The second-order valence-corrected chi connectivity index (χ2v) is 11.9. The second-order valence-electron chi connectivity index (χ2n) is 11.9. The third-order valence-electron chi connectivity index (χ3n) is 9.63. The van der Waals surface area contributed by atoms with Crippen LogP contribution in [0.2, 0.25) is 0 Å². The fourth-order valence-electron chi connectivity index (χ4n) is 7.90. The summed E-state index contributed by atoms with van der Waals surface area (Å²) in [6.45, 7) is 0.0266. The van der Waals surface area contributed by atoms with E-state index in [-0.39, 0.29) is 6.71 Å². The van der Waals surface area contributed by atoms with Crippen LogP contribution in [-0.4, -0.2) is 6.71 Å². The molecule has 2 aliphatic heterocycles. The lowest BCUT2D eigenvalue weighted by atomic mass is 9.33. The van der Waals surface area contributed by atoms with Crippen LogP contribution in [0, 0.1) is 0 Å². The molecule has 2 aromatic heterocycles. The van der Waals surface area contributed by atoms with Crippen molar-refractivity contribution in [1.29, 1.82) is 0 Å². The molecule has 0 amide bonds. The van der Waals surface area contributed by atoms with E-state index in [1.165, 1.54) is 51.6 Å². The van der Waals surface area contributed by atoms with Gasteiger partial charge in [-0.1, -0.05) is 60.7 Å². The molecule has 3 aliphatic rings. The number of rotatable bonds is 2. The molecule has 0 spiro atoms. The van der Waals surface area contributed by atoms with E-state index < -0.39 is 0 Å². The van der Waals surface area contributed by atoms with Crippen LogP contribution >= 0.6 is 0 Å². The van der Waals surface area contributed by atoms with Gasteiger partial charge < -0.3 is 13.7 Å². The van der Waals surface area contributed by atoms with Gasteiger partial charge in [-0.15, -0.1) is 0 Å². The molecule has 0 saturated carbocycles. The highest BCUT2D eigenvalue weighted by molar-refractivity contribution is 7.01. The van der Waals surface area contributed by atoms with Crippen molar-refractivity contribution in [1.82, 2.24) is 0 Å². The third-order valence-corrected chi connectivity index (χ3v) is 9.63. The maximum atomic E-state index is 7.13. The van der Waals surface area contributed by atoms with Crippen LogP contribution in [0.25, 0.3) is 21.9 Å². The van der Waals surface area contributed by atoms with Gasteiger partial charge in [-0.3, -0.25) is 4.90 Å². The van der Waals surface area contributed by atoms with Crippen LogP contribution in [-0.2, 0) is 12.8 Å². The van der Waals surface area contributed by atoms with Crippen LogP contribution in [0.15, 0.2) is 124 Å². The van der Waals surface area contributed by atoms with E-state index >= 15 is 0 Å². The average molecular weight is 554 g/mol. The number of hydrogen-bond acceptors (Lipinski definition) is 4. The van der Waals surface area contributed by atoms with Gasteiger partial charge >= 0.3 is 0 Å². The molecule has 5 heteroatoms. The minimum Gasteiger partial charge on any atom is -0.461 e. The summed E-state index contributed by atoms with van der Waals surface area (Å²) >= 11 is 0. The van der Waals surface area contributed by atoms with E-state index in [9.17, 15) is 0 Å². The van der Waals surface area contributed by atoms with E-state index in [2.05, 4.69) is 125 Å². The number of para-hydroxylation sites is 3. The Morgan fingerprint density at radius 1 is 0.558 bits per heavy atom. The highest BCUT2D eigenvalue weighted by Crippen LogP contribution is 2.47. The Bertz CT molecular complexity index is 2220. The molecule has 204 valence electrons. The Kier molecular flexibility index (Phi) is 4.73. The third kappa shape index (κ3) is 3.11. The maximum Gasteiger partial charge on any atom is 0.257 e. The van der Waals surface area contributed by atoms with Crippen molar-refractivity contribution in [3.63, 3.8) is 0 Å². The summed E-state index contributed by atoms with van der Waals surface area (Å²) in [5.41, 5.74) is 12.9. The van der Waals surface area contributed by atoms with Gasteiger partial charge in [-0.2, -0.15) is 0 Å². The number of hydrogen-bond donors (Lipinski definition) is 0. The van der Waals surface area contributed by atoms with Crippen LogP contribution < -0.4 is 26.2 Å². The first-order valence-electron chi connectivity index (χ1n) is 15.3. The molecular weight excluding hydrogens is 527 g/mol. The Morgan fingerprint density at radius 2 is 1.23 bits per heavy atom. The molecule has 7 aromatic rings. The Labute approximate surface area is 249 Å². The van der Waals surface area contributed by atoms with Crippen LogP contribution in [0.1, 0.15) is 24.2 Å². The number of furan rings is 2. The van der Waals surface area contributed by atoms with E-state index in [1.807, 2.05) is 0 Å². The normalized spacial score (nSPS) is 14.9. The predicted molar refractivity (Wildman–Crippen MR) is 177 cm³/mol. The van der Waals surface area contributed by atoms with Crippen molar-refractivity contribution in [2.24, 2.45) is 0 Å². The van der Waals surface area contributed by atoms with E-state index in [4.69, 9.17) is 8.83 Å². The maximum absolute atomic E-state index is 7.13. The predicted octanol–water partition coefficient (Wildman–Crippen LogP) is 8.14. The van der Waals surface area contributed by atoms with Gasteiger partial charge in [0.1, 0.15) is 16.9 Å². The lowest BCUT2D eigenvalue weighted by Gasteiger charge is -2.42. The molecule has 0 unspecified atom stereocenters. The number of benzene rings is 5. The molecule has 43 heavy (non-hydrogen) atoms. The first-order chi connectivity index (χ1) is 21.4. The molecule has 1 aliphatic carbocycles. The highest BCUT2D eigenvalue weighted by atomic mass is 16.4. The minimum atomic E-state index is 0.0266. The van der Waals surface area contributed by atoms with Crippen LogP contribution in [0.5, 0.6) is 0 Å². The van der Waals surface area contributed by atoms with Crippen LogP contribution in [0.3, 0.4) is 0 Å². The van der Waals surface area contributed by atoms with Crippen molar-refractivity contribution in [2.75, 3.05) is 9.80 Å². The summed E-state index contributed by atoms with van der Waals surface area (Å²) in [4.78, 5) is 4.76. The van der Waals surface area contributed by atoms with Gasteiger partial charge in [0.15, 0.2) is 0 Å². The SMILES string of the molecule is c1ccc(N2c3ccccc3B3c4c2cccc4N(c2ccccc2)c2oc4c(ccc5oc6c(c54)CCCC6)c23)cc1. The average Bonchev–Trinajstić information content (AvgIpc) is 3.64. The number of aryl methyl sites for hydroxylation is 2. The molecule has 0 bridgehead atoms. The molecular formula is C38H27BN2O2. The second kappa shape index (κ2) is 8.68. The van der Waals surface area contributed by atoms with E-state index in [0.717, 1.165) is 58.1 Å².